The Kier molecular flexibility index (Phi) is 7.39. The van der Waals surface area contributed by atoms with Gasteiger partial charge in [0.2, 0.25) is 0 Å². The highest BCUT2D eigenvalue weighted by Gasteiger charge is 2.33. The van der Waals surface area contributed by atoms with E-state index in [4.69, 9.17) is 0 Å². The molecule has 0 bridgehead atoms. The first-order valence-electron chi connectivity index (χ1n) is 8.26. The van der Waals surface area contributed by atoms with Gasteiger partial charge in [-0.1, -0.05) is 0 Å². The van der Waals surface area contributed by atoms with Crippen molar-refractivity contribution in [3.63, 3.8) is 0 Å². The Bertz CT molecular complexity index is 717. The average Bonchev–Trinajstić information content (AvgIpc) is 3.14. The van der Waals surface area contributed by atoms with Gasteiger partial charge in [0.1, 0.15) is 0 Å². The van der Waals surface area contributed by atoms with E-state index >= 15 is 0 Å². The molecule has 0 aliphatic carbocycles. The number of aryl methyl sites for hydroxylation is 2. The molecule has 0 fully saturated rings. The minimum absolute atomic E-state index is 0.371. The highest BCUT2D eigenvalue weighted by molar-refractivity contribution is 7.11. The van der Waals surface area contributed by atoms with Crippen LogP contribution in [0.25, 0.3) is 0 Å². The second-order valence-corrected chi connectivity index (χ2v) is 7.79. The number of guanidine groups is 1. The first-order valence-corrected chi connectivity index (χ1v) is 9.96. The molecule has 0 aliphatic rings. The molecule has 5 nitrogen and oxygen atoms in total. The summed E-state index contributed by atoms with van der Waals surface area (Å²) >= 11 is 2.70. The number of thiazole rings is 2. The van der Waals surface area contributed by atoms with Gasteiger partial charge in [-0.05, 0) is 20.8 Å². The van der Waals surface area contributed by atoms with E-state index in [1.807, 2.05) is 13.8 Å². The van der Waals surface area contributed by atoms with Crippen LogP contribution in [-0.2, 0) is 19.0 Å². The summed E-state index contributed by atoms with van der Waals surface area (Å²) in [5.41, 5.74) is 0.229. The second kappa shape index (κ2) is 9.31. The van der Waals surface area contributed by atoms with Crippen LogP contribution in [0.3, 0.4) is 0 Å². The molecule has 2 heterocycles. The van der Waals surface area contributed by atoms with E-state index < -0.39 is 11.9 Å². The Morgan fingerprint density at radius 1 is 1.15 bits per heavy atom. The molecule has 0 unspecified atom stereocenters. The first-order chi connectivity index (χ1) is 12.3. The van der Waals surface area contributed by atoms with Gasteiger partial charge in [-0.3, -0.25) is 4.99 Å². The number of nitrogens with one attached hydrogen (secondary N) is 2. The van der Waals surface area contributed by atoms with E-state index in [1.165, 1.54) is 4.88 Å². The number of alkyl halides is 3. The smallest absolute Gasteiger partial charge is 0.357 e. The van der Waals surface area contributed by atoms with Crippen molar-refractivity contribution in [3.8, 4) is 0 Å². The third-order valence-corrected chi connectivity index (χ3v) is 5.53. The average molecular weight is 406 g/mol. The predicted octanol–water partition coefficient (Wildman–Crippen LogP) is 3.58. The van der Waals surface area contributed by atoms with Gasteiger partial charge in [-0.25, -0.2) is 9.97 Å². The number of halogens is 3. The summed E-state index contributed by atoms with van der Waals surface area (Å²) in [6.07, 6.45) is -3.21. The first kappa shape index (κ1) is 20.6. The van der Waals surface area contributed by atoms with Crippen molar-refractivity contribution in [2.75, 3.05) is 19.6 Å². The van der Waals surface area contributed by atoms with Gasteiger partial charge in [0, 0.05) is 42.7 Å². The summed E-state index contributed by atoms with van der Waals surface area (Å²) in [7, 11) is 0. The summed E-state index contributed by atoms with van der Waals surface area (Å²) in [6, 6.07) is 0. The number of rotatable bonds is 7. The quantitative estimate of drug-likeness (QED) is 0.546. The fraction of sp³-hybridized carbons (Fsp3) is 0.562. The van der Waals surface area contributed by atoms with Crippen molar-refractivity contribution in [1.82, 2.24) is 20.6 Å². The number of aromatic nitrogens is 2. The van der Waals surface area contributed by atoms with Crippen LogP contribution in [0, 0.1) is 13.8 Å². The zero-order chi connectivity index (χ0) is 19.2. The minimum atomic E-state index is -4.39. The molecule has 2 rings (SSSR count). The van der Waals surface area contributed by atoms with Crippen LogP contribution in [0.4, 0.5) is 13.2 Å². The van der Waals surface area contributed by atoms with Crippen LogP contribution in [0.1, 0.15) is 33.2 Å². The zero-order valence-corrected chi connectivity index (χ0v) is 16.5. The second-order valence-electron chi connectivity index (χ2n) is 5.56. The summed E-state index contributed by atoms with van der Waals surface area (Å²) in [6.45, 7) is 7.77. The number of hydrogen-bond donors (Lipinski definition) is 2. The molecule has 0 aliphatic heterocycles. The Balaban J connectivity index is 1.82. The fourth-order valence-electron chi connectivity index (χ4n) is 2.09. The van der Waals surface area contributed by atoms with E-state index in [2.05, 4.69) is 32.5 Å². The van der Waals surface area contributed by atoms with Gasteiger partial charge < -0.3 is 10.6 Å². The molecule has 0 amide bonds. The highest BCUT2D eigenvalue weighted by Crippen LogP contribution is 2.30. The SMILES string of the molecule is CCNC(=NCCc1nc(C(F)(F)F)cs1)NCCc1nc(C)c(C)s1. The van der Waals surface area contributed by atoms with Crippen molar-refractivity contribution in [2.45, 2.75) is 39.8 Å². The zero-order valence-electron chi connectivity index (χ0n) is 14.9. The number of nitrogens with zero attached hydrogens (tertiary/aromatic N) is 3. The van der Waals surface area contributed by atoms with Gasteiger partial charge in [-0.2, -0.15) is 13.2 Å². The number of aliphatic imine (C=N–C) groups is 1. The summed E-state index contributed by atoms with van der Waals surface area (Å²) in [5, 5.41) is 8.90. The van der Waals surface area contributed by atoms with E-state index in [1.54, 1.807) is 11.3 Å². The van der Waals surface area contributed by atoms with Crippen LogP contribution >= 0.6 is 22.7 Å². The monoisotopic (exact) mass is 405 g/mol. The van der Waals surface area contributed by atoms with Crippen molar-refractivity contribution in [1.29, 1.82) is 0 Å². The molecule has 26 heavy (non-hydrogen) atoms. The Morgan fingerprint density at radius 3 is 2.50 bits per heavy atom. The molecular weight excluding hydrogens is 383 g/mol. The lowest BCUT2D eigenvalue weighted by Crippen LogP contribution is -2.38. The standard InChI is InChI=1S/C16H22F3N5S2/c1-4-20-15(22-8-6-14-23-10(2)11(3)26-14)21-7-5-13-24-12(9-25-13)16(17,18)19/h9H,4-8H2,1-3H3,(H2,20,21,22). The highest BCUT2D eigenvalue weighted by atomic mass is 32.1. The van der Waals surface area contributed by atoms with E-state index in [9.17, 15) is 13.2 Å². The molecule has 0 spiro atoms. The molecule has 0 saturated carbocycles. The predicted molar refractivity (Wildman–Crippen MR) is 100 cm³/mol. The van der Waals surface area contributed by atoms with Crippen LogP contribution < -0.4 is 10.6 Å². The topological polar surface area (TPSA) is 62.2 Å². The molecule has 0 saturated heterocycles. The van der Waals surface area contributed by atoms with Crippen LogP contribution in [0.2, 0.25) is 0 Å². The number of hydrogen-bond acceptors (Lipinski definition) is 5. The van der Waals surface area contributed by atoms with E-state index in [0.717, 1.165) is 33.8 Å². The maximum atomic E-state index is 12.6. The molecule has 2 aromatic rings. The van der Waals surface area contributed by atoms with Crippen LogP contribution in [0.15, 0.2) is 10.4 Å². The van der Waals surface area contributed by atoms with E-state index in [0.29, 0.717) is 37.0 Å². The third-order valence-electron chi connectivity index (χ3n) is 3.49. The summed E-state index contributed by atoms with van der Waals surface area (Å²) in [5.74, 6) is 0.644. The molecule has 144 valence electrons. The van der Waals surface area contributed by atoms with Crippen LogP contribution in [0.5, 0.6) is 0 Å². The van der Waals surface area contributed by atoms with Gasteiger partial charge in [0.25, 0.3) is 0 Å². The van der Waals surface area contributed by atoms with Crippen molar-refractivity contribution in [3.05, 3.63) is 31.7 Å². The Hall–Kier alpha value is -1.68. The van der Waals surface area contributed by atoms with Gasteiger partial charge >= 0.3 is 6.18 Å². The van der Waals surface area contributed by atoms with Gasteiger partial charge in [-0.15, -0.1) is 22.7 Å². The molecule has 10 heteroatoms. The molecule has 2 aromatic heterocycles. The molecule has 0 aromatic carbocycles. The minimum Gasteiger partial charge on any atom is -0.357 e. The van der Waals surface area contributed by atoms with Crippen molar-refractivity contribution >= 4 is 28.6 Å². The van der Waals surface area contributed by atoms with Gasteiger partial charge in [0.15, 0.2) is 11.7 Å². The van der Waals surface area contributed by atoms with Crippen LogP contribution in [-0.4, -0.2) is 35.6 Å². The fourth-order valence-corrected chi connectivity index (χ4v) is 3.82. The Morgan fingerprint density at radius 2 is 1.92 bits per heavy atom. The lowest BCUT2D eigenvalue weighted by atomic mass is 10.4. The van der Waals surface area contributed by atoms with Gasteiger partial charge in [0.05, 0.1) is 15.7 Å². The van der Waals surface area contributed by atoms with E-state index in [-0.39, 0.29) is 0 Å². The third kappa shape index (κ3) is 6.24. The maximum absolute atomic E-state index is 12.6. The molecule has 0 radical (unpaired) electrons. The van der Waals surface area contributed by atoms with Crippen molar-refractivity contribution in [2.24, 2.45) is 4.99 Å². The largest absolute Gasteiger partial charge is 0.434 e. The molecule has 0 atom stereocenters. The molecule has 2 N–H and O–H groups in total. The van der Waals surface area contributed by atoms with Crippen molar-refractivity contribution < 1.29 is 13.2 Å². The lowest BCUT2D eigenvalue weighted by Gasteiger charge is -2.10. The normalized spacial score (nSPS) is 12.5. The molecular formula is C16H22F3N5S2. The Labute approximate surface area is 158 Å². The maximum Gasteiger partial charge on any atom is 0.434 e. The summed E-state index contributed by atoms with van der Waals surface area (Å²) in [4.78, 5) is 13.7. The summed E-state index contributed by atoms with van der Waals surface area (Å²) < 4.78 is 37.7. The lowest BCUT2D eigenvalue weighted by molar-refractivity contribution is -0.140.